The number of amides is 1. The predicted molar refractivity (Wildman–Crippen MR) is 82.3 cm³/mol. The summed E-state index contributed by atoms with van der Waals surface area (Å²) in [7, 11) is -1.87. The summed E-state index contributed by atoms with van der Waals surface area (Å²) in [4.78, 5) is 13.5. The Balaban J connectivity index is 2.47. The summed E-state index contributed by atoms with van der Waals surface area (Å²) in [6, 6.07) is 6.57. The minimum atomic E-state index is -3.56. The van der Waals surface area contributed by atoms with E-state index in [0.717, 1.165) is 12.0 Å². The number of nitrogens with one attached hydrogen (secondary N) is 1. The maximum atomic E-state index is 12.0. The molecule has 0 aliphatic carbocycles. The lowest BCUT2D eigenvalue weighted by Gasteiger charge is -2.16. The summed E-state index contributed by atoms with van der Waals surface area (Å²) < 4.78 is 26.5. The van der Waals surface area contributed by atoms with E-state index in [4.69, 9.17) is 5.73 Å². The van der Waals surface area contributed by atoms with Gasteiger partial charge in [-0.2, -0.15) is 0 Å². The number of aryl methyl sites for hydroxylation is 1. The van der Waals surface area contributed by atoms with Crippen molar-refractivity contribution in [3.05, 3.63) is 29.8 Å². The molecule has 0 bridgehead atoms. The van der Waals surface area contributed by atoms with Crippen molar-refractivity contribution in [2.24, 2.45) is 5.73 Å². The third-order valence-electron chi connectivity index (χ3n) is 3.09. The second-order valence-corrected chi connectivity index (χ2v) is 6.69. The largest absolute Gasteiger partial charge is 0.346 e. The van der Waals surface area contributed by atoms with Crippen LogP contribution in [-0.2, 0) is 14.8 Å². The second-order valence-electron chi connectivity index (χ2n) is 4.92. The number of carbonyl (C=O) groups excluding carboxylic acids is 1. The first kappa shape index (κ1) is 17.6. The Kier molecular flexibility index (Phi) is 6.80. The Morgan fingerprint density at radius 2 is 1.90 bits per heavy atom. The van der Waals surface area contributed by atoms with Crippen molar-refractivity contribution in [2.75, 3.05) is 26.7 Å². The molecule has 6 nitrogen and oxygen atoms in total. The molecular weight excluding hydrogens is 290 g/mol. The van der Waals surface area contributed by atoms with Crippen LogP contribution in [0.4, 0.5) is 0 Å². The van der Waals surface area contributed by atoms with Crippen LogP contribution >= 0.6 is 0 Å². The van der Waals surface area contributed by atoms with E-state index in [0.29, 0.717) is 13.1 Å². The summed E-state index contributed by atoms with van der Waals surface area (Å²) >= 11 is 0. The first-order valence-corrected chi connectivity index (χ1v) is 8.35. The molecule has 1 aromatic carbocycles. The zero-order chi connectivity index (χ0) is 15.9. The number of carbonyl (C=O) groups is 1. The van der Waals surface area contributed by atoms with Crippen molar-refractivity contribution in [1.82, 2.24) is 9.62 Å². The van der Waals surface area contributed by atoms with Gasteiger partial charge in [-0.25, -0.2) is 13.1 Å². The molecule has 0 aliphatic rings. The lowest BCUT2D eigenvalue weighted by molar-refractivity contribution is -0.129. The highest BCUT2D eigenvalue weighted by atomic mass is 32.2. The molecule has 21 heavy (non-hydrogen) atoms. The number of nitrogens with two attached hydrogens (primary N) is 1. The number of nitrogens with zero attached hydrogens (tertiary/aromatic N) is 1. The van der Waals surface area contributed by atoms with Crippen molar-refractivity contribution in [2.45, 2.75) is 24.7 Å². The Morgan fingerprint density at radius 3 is 2.48 bits per heavy atom. The van der Waals surface area contributed by atoms with Crippen LogP contribution in [0.15, 0.2) is 29.2 Å². The van der Waals surface area contributed by atoms with Crippen LogP contribution in [0.25, 0.3) is 0 Å². The Labute approximate surface area is 126 Å². The van der Waals surface area contributed by atoms with E-state index >= 15 is 0 Å². The van der Waals surface area contributed by atoms with Gasteiger partial charge in [0.1, 0.15) is 0 Å². The maximum Gasteiger partial charge on any atom is 0.240 e. The predicted octanol–water partition coefficient (Wildman–Crippen LogP) is 0.471. The standard InChI is InChI=1S/C14H23N3O3S/c1-12-4-6-13(7-5-12)21(19,20)16-10-8-14(18)17(2)11-3-9-15/h4-7,16H,3,8-11,15H2,1-2H3. The summed E-state index contributed by atoms with van der Waals surface area (Å²) in [6.45, 7) is 3.08. The van der Waals surface area contributed by atoms with Crippen molar-refractivity contribution in [3.63, 3.8) is 0 Å². The van der Waals surface area contributed by atoms with Gasteiger partial charge >= 0.3 is 0 Å². The monoisotopic (exact) mass is 313 g/mol. The van der Waals surface area contributed by atoms with Gasteiger partial charge in [-0.05, 0) is 32.0 Å². The zero-order valence-corrected chi connectivity index (χ0v) is 13.3. The summed E-state index contributed by atoms with van der Waals surface area (Å²) in [5.74, 6) is -0.102. The van der Waals surface area contributed by atoms with Crippen LogP contribution in [0.3, 0.4) is 0 Å². The van der Waals surface area contributed by atoms with Crippen LogP contribution < -0.4 is 10.5 Å². The molecular formula is C14H23N3O3S. The summed E-state index contributed by atoms with van der Waals surface area (Å²) in [5, 5.41) is 0. The second kappa shape index (κ2) is 8.11. The number of rotatable bonds is 8. The number of hydrogen-bond donors (Lipinski definition) is 2. The topological polar surface area (TPSA) is 92.5 Å². The average Bonchev–Trinajstić information content (AvgIpc) is 2.44. The SMILES string of the molecule is Cc1ccc(S(=O)(=O)NCCC(=O)N(C)CCCN)cc1. The quantitative estimate of drug-likeness (QED) is 0.730. The lowest BCUT2D eigenvalue weighted by Crippen LogP contribution is -2.33. The van der Waals surface area contributed by atoms with E-state index in [9.17, 15) is 13.2 Å². The first-order valence-electron chi connectivity index (χ1n) is 6.87. The molecule has 0 unspecified atom stereocenters. The molecule has 1 aromatic rings. The van der Waals surface area contributed by atoms with Gasteiger partial charge in [0.25, 0.3) is 0 Å². The molecule has 118 valence electrons. The van der Waals surface area contributed by atoms with Gasteiger partial charge in [-0.1, -0.05) is 17.7 Å². The van der Waals surface area contributed by atoms with Gasteiger partial charge in [0.2, 0.25) is 15.9 Å². The first-order chi connectivity index (χ1) is 9.86. The third kappa shape index (κ3) is 5.82. The van der Waals surface area contributed by atoms with E-state index in [1.807, 2.05) is 6.92 Å². The van der Waals surface area contributed by atoms with Crippen LogP contribution in [0.5, 0.6) is 0 Å². The van der Waals surface area contributed by atoms with Crippen molar-refractivity contribution in [1.29, 1.82) is 0 Å². The van der Waals surface area contributed by atoms with Crippen molar-refractivity contribution >= 4 is 15.9 Å². The Bertz CT molecular complexity index is 555. The summed E-state index contributed by atoms with van der Waals surface area (Å²) in [5.41, 5.74) is 6.37. The highest BCUT2D eigenvalue weighted by Gasteiger charge is 2.14. The molecule has 0 radical (unpaired) electrons. The minimum absolute atomic E-state index is 0.0853. The van der Waals surface area contributed by atoms with Gasteiger partial charge in [-0.3, -0.25) is 4.79 Å². The fourth-order valence-corrected chi connectivity index (χ4v) is 2.77. The Morgan fingerprint density at radius 1 is 1.29 bits per heavy atom. The third-order valence-corrected chi connectivity index (χ3v) is 4.56. The Hall–Kier alpha value is -1.44. The molecule has 7 heteroatoms. The van der Waals surface area contributed by atoms with Crippen molar-refractivity contribution in [3.8, 4) is 0 Å². The molecule has 1 rings (SSSR count). The van der Waals surface area contributed by atoms with E-state index in [1.54, 1.807) is 36.2 Å². The number of benzene rings is 1. The zero-order valence-electron chi connectivity index (χ0n) is 12.5. The van der Waals surface area contributed by atoms with Crippen LogP contribution in [0, 0.1) is 6.92 Å². The lowest BCUT2D eigenvalue weighted by atomic mass is 10.2. The number of sulfonamides is 1. The van der Waals surface area contributed by atoms with Crippen LogP contribution in [-0.4, -0.2) is 45.9 Å². The molecule has 0 saturated carbocycles. The van der Waals surface area contributed by atoms with E-state index < -0.39 is 10.0 Å². The highest BCUT2D eigenvalue weighted by Crippen LogP contribution is 2.09. The van der Waals surface area contributed by atoms with Gasteiger partial charge in [0.05, 0.1) is 4.90 Å². The maximum absolute atomic E-state index is 12.0. The smallest absolute Gasteiger partial charge is 0.240 e. The molecule has 0 aliphatic heterocycles. The molecule has 0 saturated heterocycles. The van der Waals surface area contributed by atoms with Gasteiger partial charge < -0.3 is 10.6 Å². The van der Waals surface area contributed by atoms with Gasteiger partial charge in [0.15, 0.2) is 0 Å². The van der Waals surface area contributed by atoms with Gasteiger partial charge in [-0.15, -0.1) is 0 Å². The molecule has 0 aromatic heterocycles. The average molecular weight is 313 g/mol. The number of hydrogen-bond acceptors (Lipinski definition) is 4. The summed E-state index contributed by atoms with van der Waals surface area (Å²) in [6.07, 6.45) is 0.865. The molecule has 0 atom stereocenters. The highest BCUT2D eigenvalue weighted by molar-refractivity contribution is 7.89. The molecule has 0 spiro atoms. The van der Waals surface area contributed by atoms with E-state index in [1.165, 1.54) is 0 Å². The molecule has 0 fully saturated rings. The van der Waals surface area contributed by atoms with Crippen molar-refractivity contribution < 1.29 is 13.2 Å². The minimum Gasteiger partial charge on any atom is -0.346 e. The fraction of sp³-hybridized carbons (Fsp3) is 0.500. The molecule has 0 heterocycles. The fourth-order valence-electron chi connectivity index (χ4n) is 1.74. The van der Waals surface area contributed by atoms with Crippen LogP contribution in [0.2, 0.25) is 0 Å². The molecule has 3 N–H and O–H groups in total. The van der Waals surface area contributed by atoms with Gasteiger partial charge in [0, 0.05) is 26.6 Å². The van der Waals surface area contributed by atoms with E-state index in [2.05, 4.69) is 4.72 Å². The van der Waals surface area contributed by atoms with E-state index in [-0.39, 0.29) is 23.8 Å². The molecule has 1 amide bonds. The van der Waals surface area contributed by atoms with Crippen LogP contribution in [0.1, 0.15) is 18.4 Å². The normalized spacial score (nSPS) is 11.4.